The molecule has 0 saturated heterocycles. The molecule has 1 heterocycles. The smallest absolute Gasteiger partial charge is 0.252 e. The molecule has 0 fully saturated rings. The summed E-state index contributed by atoms with van der Waals surface area (Å²) in [6, 6.07) is 4.75. The van der Waals surface area contributed by atoms with E-state index in [9.17, 15) is 4.79 Å². The number of ether oxygens (including phenoxy) is 2. The van der Waals surface area contributed by atoms with Crippen LogP contribution >= 0.6 is 0 Å². The lowest BCUT2D eigenvalue weighted by Gasteiger charge is -2.15. The van der Waals surface area contributed by atoms with Gasteiger partial charge in [-0.25, -0.2) is 9.67 Å². The number of aryl methyl sites for hydroxylation is 1. The van der Waals surface area contributed by atoms with Gasteiger partial charge in [-0.3, -0.25) is 4.79 Å². The number of rotatable bonds is 8. The molecule has 0 aliphatic rings. The van der Waals surface area contributed by atoms with Gasteiger partial charge in [0.25, 0.3) is 5.91 Å². The van der Waals surface area contributed by atoms with Crippen molar-refractivity contribution in [3.8, 4) is 11.5 Å². The quantitative estimate of drug-likeness (QED) is 0.750. The van der Waals surface area contributed by atoms with E-state index >= 15 is 0 Å². The number of benzene rings is 1. The maximum Gasteiger partial charge on any atom is 0.252 e. The lowest BCUT2D eigenvalue weighted by molar-refractivity contribution is 0.0937. The Morgan fingerprint density at radius 3 is 2.88 bits per heavy atom. The molecule has 3 N–H and O–H groups in total. The highest BCUT2D eigenvalue weighted by Gasteiger charge is 2.17. The van der Waals surface area contributed by atoms with E-state index < -0.39 is 0 Å². The fourth-order valence-electron chi connectivity index (χ4n) is 2.30. The Morgan fingerprint density at radius 2 is 2.21 bits per heavy atom. The molecule has 1 amide bonds. The first kappa shape index (κ1) is 17.7. The zero-order valence-corrected chi connectivity index (χ0v) is 14.2. The largest absolute Gasteiger partial charge is 0.493 e. The van der Waals surface area contributed by atoms with E-state index in [4.69, 9.17) is 15.2 Å². The number of hydrogen-bond acceptors (Lipinski definition) is 6. The predicted molar refractivity (Wildman–Crippen MR) is 89.1 cm³/mol. The number of amides is 1. The van der Waals surface area contributed by atoms with Crippen molar-refractivity contribution in [3.05, 3.63) is 35.9 Å². The van der Waals surface area contributed by atoms with E-state index in [0.717, 1.165) is 0 Å². The Bertz CT molecular complexity index is 686. The normalized spacial score (nSPS) is 11.8. The monoisotopic (exact) mass is 333 g/mol. The summed E-state index contributed by atoms with van der Waals surface area (Å²) in [5.41, 5.74) is 5.92. The highest BCUT2D eigenvalue weighted by molar-refractivity contribution is 5.95. The fraction of sp³-hybridized carbons (Fsp3) is 0.438. The van der Waals surface area contributed by atoms with Crippen LogP contribution in [0.1, 0.15) is 36.1 Å². The average molecular weight is 333 g/mol. The second-order valence-corrected chi connectivity index (χ2v) is 5.13. The van der Waals surface area contributed by atoms with Gasteiger partial charge in [0.15, 0.2) is 11.5 Å². The number of nitrogens with zero attached hydrogens (tertiary/aromatic N) is 3. The van der Waals surface area contributed by atoms with Crippen LogP contribution in [0, 0.1) is 0 Å². The molecule has 1 atom stereocenters. The first-order valence-corrected chi connectivity index (χ1v) is 7.80. The maximum absolute atomic E-state index is 12.5. The molecule has 2 aromatic rings. The van der Waals surface area contributed by atoms with Gasteiger partial charge in [-0.1, -0.05) is 0 Å². The Kier molecular flexibility index (Phi) is 6.14. The van der Waals surface area contributed by atoms with E-state index in [1.165, 1.54) is 6.33 Å². The van der Waals surface area contributed by atoms with Crippen LogP contribution in [0.15, 0.2) is 24.5 Å². The lowest BCUT2D eigenvalue weighted by atomic mass is 10.1. The van der Waals surface area contributed by atoms with Crippen LogP contribution in [-0.2, 0) is 6.54 Å². The zero-order chi connectivity index (χ0) is 17.5. The van der Waals surface area contributed by atoms with Crippen LogP contribution in [0.2, 0.25) is 0 Å². The van der Waals surface area contributed by atoms with Crippen molar-refractivity contribution in [1.29, 1.82) is 0 Å². The summed E-state index contributed by atoms with van der Waals surface area (Å²) in [5.74, 6) is 1.52. The van der Waals surface area contributed by atoms with Crippen molar-refractivity contribution >= 4 is 5.91 Å². The van der Waals surface area contributed by atoms with Crippen molar-refractivity contribution in [3.63, 3.8) is 0 Å². The van der Waals surface area contributed by atoms with Crippen LogP contribution in [0.25, 0.3) is 0 Å². The summed E-state index contributed by atoms with van der Waals surface area (Å²) in [7, 11) is 1.55. The number of nitrogens with two attached hydrogens (primary N) is 1. The number of carbonyl (C=O) groups is 1. The van der Waals surface area contributed by atoms with Gasteiger partial charge in [0, 0.05) is 18.7 Å². The Hall–Kier alpha value is -2.61. The fourth-order valence-corrected chi connectivity index (χ4v) is 2.30. The van der Waals surface area contributed by atoms with Gasteiger partial charge in [0.05, 0.1) is 13.2 Å². The average Bonchev–Trinajstić information content (AvgIpc) is 3.08. The maximum atomic E-state index is 12.5. The van der Waals surface area contributed by atoms with Crippen LogP contribution in [0.4, 0.5) is 0 Å². The molecule has 0 aliphatic heterocycles. The van der Waals surface area contributed by atoms with Crippen molar-refractivity contribution in [2.24, 2.45) is 5.73 Å². The summed E-state index contributed by atoms with van der Waals surface area (Å²) < 4.78 is 12.5. The lowest BCUT2D eigenvalue weighted by Crippen LogP contribution is -2.29. The summed E-state index contributed by atoms with van der Waals surface area (Å²) >= 11 is 0. The molecule has 0 aliphatic carbocycles. The van der Waals surface area contributed by atoms with Gasteiger partial charge in [0.2, 0.25) is 0 Å². The van der Waals surface area contributed by atoms with Gasteiger partial charge in [-0.2, -0.15) is 5.10 Å². The second kappa shape index (κ2) is 8.30. The van der Waals surface area contributed by atoms with Gasteiger partial charge in [-0.05, 0) is 32.0 Å². The number of hydrogen-bond donors (Lipinski definition) is 2. The number of aromatic nitrogens is 3. The summed E-state index contributed by atoms with van der Waals surface area (Å²) in [5, 5.41) is 7.02. The third-order valence-electron chi connectivity index (χ3n) is 3.48. The number of nitrogens with one attached hydrogen (secondary N) is 1. The molecular weight excluding hydrogens is 310 g/mol. The highest BCUT2D eigenvalue weighted by Crippen LogP contribution is 2.28. The minimum atomic E-state index is -0.268. The van der Waals surface area contributed by atoms with Crippen molar-refractivity contribution in [1.82, 2.24) is 20.1 Å². The number of methoxy groups -OCH3 is 1. The summed E-state index contributed by atoms with van der Waals surface area (Å²) in [6.45, 7) is 5.25. The molecular formula is C16H23N5O3. The zero-order valence-electron chi connectivity index (χ0n) is 14.2. The summed E-state index contributed by atoms with van der Waals surface area (Å²) in [6.07, 6.45) is 1.48. The SMILES string of the molecule is CCn1ncnc1[C@H](C)NC(=O)c1ccc(OC)c(OCCN)c1. The molecule has 0 saturated carbocycles. The Morgan fingerprint density at radius 1 is 1.42 bits per heavy atom. The molecule has 0 radical (unpaired) electrons. The molecule has 2 rings (SSSR count). The van der Waals surface area contributed by atoms with Gasteiger partial charge < -0.3 is 20.5 Å². The Balaban J connectivity index is 2.14. The third-order valence-corrected chi connectivity index (χ3v) is 3.48. The molecule has 1 aromatic carbocycles. The minimum absolute atomic E-state index is 0.228. The van der Waals surface area contributed by atoms with E-state index in [-0.39, 0.29) is 11.9 Å². The third kappa shape index (κ3) is 4.02. The van der Waals surface area contributed by atoms with Crippen LogP contribution in [-0.4, -0.2) is 40.9 Å². The highest BCUT2D eigenvalue weighted by atomic mass is 16.5. The minimum Gasteiger partial charge on any atom is -0.493 e. The van der Waals surface area contributed by atoms with Gasteiger partial charge in [0.1, 0.15) is 18.8 Å². The van der Waals surface area contributed by atoms with Crippen LogP contribution in [0.5, 0.6) is 11.5 Å². The van der Waals surface area contributed by atoms with E-state index in [2.05, 4.69) is 15.4 Å². The molecule has 1 aromatic heterocycles. The first-order valence-electron chi connectivity index (χ1n) is 7.80. The van der Waals surface area contributed by atoms with Crippen LogP contribution in [0.3, 0.4) is 0 Å². The van der Waals surface area contributed by atoms with E-state index in [1.807, 2.05) is 13.8 Å². The van der Waals surface area contributed by atoms with Crippen molar-refractivity contribution in [2.75, 3.05) is 20.3 Å². The van der Waals surface area contributed by atoms with Crippen LogP contribution < -0.4 is 20.5 Å². The number of carbonyl (C=O) groups excluding carboxylic acids is 1. The molecule has 0 unspecified atom stereocenters. The first-order chi connectivity index (χ1) is 11.6. The van der Waals surface area contributed by atoms with E-state index in [1.54, 1.807) is 30.0 Å². The summed E-state index contributed by atoms with van der Waals surface area (Å²) in [4.78, 5) is 16.7. The molecule has 0 spiro atoms. The predicted octanol–water partition coefficient (Wildman–Crippen LogP) is 1.14. The molecule has 130 valence electrons. The Labute approximate surface area is 141 Å². The van der Waals surface area contributed by atoms with E-state index in [0.29, 0.717) is 42.6 Å². The molecule has 24 heavy (non-hydrogen) atoms. The standard InChI is InChI=1S/C16H23N5O3/c1-4-21-15(18-10-19-21)11(2)20-16(22)12-5-6-13(23-3)14(9-12)24-8-7-17/h5-6,9-11H,4,7-8,17H2,1-3H3,(H,20,22)/t11-/m0/s1. The van der Waals surface area contributed by atoms with Gasteiger partial charge >= 0.3 is 0 Å². The second-order valence-electron chi connectivity index (χ2n) is 5.13. The molecule has 8 heteroatoms. The van der Waals surface area contributed by atoms with Crippen molar-refractivity contribution in [2.45, 2.75) is 26.4 Å². The molecule has 0 bridgehead atoms. The van der Waals surface area contributed by atoms with Gasteiger partial charge in [-0.15, -0.1) is 0 Å². The topological polar surface area (TPSA) is 104 Å². The van der Waals surface area contributed by atoms with Crippen molar-refractivity contribution < 1.29 is 14.3 Å². The molecule has 8 nitrogen and oxygen atoms in total.